The predicted octanol–water partition coefficient (Wildman–Crippen LogP) is 20.4. The van der Waals surface area contributed by atoms with E-state index >= 15 is 24.0 Å². The van der Waals surface area contributed by atoms with Crippen molar-refractivity contribution in [1.82, 2.24) is 10.2 Å². The molecule has 518 valence electrons. The van der Waals surface area contributed by atoms with Crippen LogP contribution in [0.5, 0.6) is 46.0 Å². The van der Waals surface area contributed by atoms with Gasteiger partial charge in [-0.05, 0) is 200 Å². The molecule has 1 aliphatic heterocycles. The number of aldehydes is 1. The molecule has 0 radical (unpaired) electrons. The highest BCUT2D eigenvalue weighted by molar-refractivity contribution is 6.44. The summed E-state index contributed by atoms with van der Waals surface area (Å²) in [5.41, 5.74) is 8.68. The zero-order valence-corrected chi connectivity index (χ0v) is 59.4. The van der Waals surface area contributed by atoms with Crippen LogP contribution in [-0.4, -0.2) is 52.8 Å². The standard InChI is InChI=1S/C89H75ClN4O10/c1-8-54-26-18-30-64(39-54)101-73-45-60(50-95)77-68(85(96)93-71(43-58-22-14-12-15-23-58)86(97)91-63-38-53(7)35-61(90)46-63)47-74(102-65-31-19-27-55(9-2)40-65)80-82-76(104-67-33-21-29-57(11-4)42-67)49-70-78-69(48-75(81(84(78)82)79(73)83(77)80)103-66-32-20-28-56(10-3)41-66)88(99)94(89(70)100)72(44-59-24-16-13-17-25-59)87(98)92-62-36-51(5)34-52(6)37-62/h12-42,45-50,71-72H,8-11,43-44H2,1-7H3,(H,91,97)(H,92,98)(H,93,96). The third-order valence-electron chi connectivity index (χ3n) is 19.2. The third kappa shape index (κ3) is 13.9. The number of ether oxygens (including phenoxy) is 4. The van der Waals surface area contributed by atoms with Gasteiger partial charge in [-0.1, -0.05) is 155 Å². The largest absolute Gasteiger partial charge is 0.457 e. The van der Waals surface area contributed by atoms with Gasteiger partial charge in [0.1, 0.15) is 58.1 Å². The molecule has 3 N–H and O–H groups in total. The summed E-state index contributed by atoms with van der Waals surface area (Å²) in [6, 6.07) is 63.4. The highest BCUT2D eigenvalue weighted by Gasteiger charge is 2.44. The van der Waals surface area contributed by atoms with Gasteiger partial charge in [-0.2, -0.15) is 0 Å². The van der Waals surface area contributed by atoms with E-state index in [2.05, 4.69) is 16.0 Å². The lowest BCUT2D eigenvalue weighted by atomic mass is 9.81. The minimum atomic E-state index is -1.43. The van der Waals surface area contributed by atoms with Crippen molar-refractivity contribution in [3.63, 3.8) is 0 Å². The fraction of sp³-hybridized carbons (Fsp3) is 0.169. The molecule has 0 bridgehead atoms. The molecule has 104 heavy (non-hydrogen) atoms. The molecule has 14 nitrogen and oxygen atoms in total. The molecule has 15 heteroatoms. The average molecular weight is 1400 g/mol. The Labute approximate surface area is 607 Å². The molecule has 2 unspecified atom stereocenters. The number of carbonyl (C=O) groups excluding carboxylic acids is 6. The highest BCUT2D eigenvalue weighted by Crippen LogP contribution is 2.57. The van der Waals surface area contributed by atoms with E-state index in [1.165, 1.54) is 0 Å². The molecule has 0 aromatic heterocycles. The third-order valence-corrected chi connectivity index (χ3v) is 19.4. The Hall–Kier alpha value is -12.1. The lowest BCUT2D eigenvalue weighted by Gasteiger charge is -2.35. The quantitative estimate of drug-likeness (QED) is 0.0228. The van der Waals surface area contributed by atoms with Gasteiger partial charge in [0.05, 0.1) is 16.7 Å². The first-order chi connectivity index (χ1) is 50.5. The van der Waals surface area contributed by atoms with Gasteiger partial charge in [0.25, 0.3) is 17.7 Å². The molecule has 1 aliphatic rings. The number of hydrogen-bond donors (Lipinski definition) is 3. The molecule has 0 saturated carbocycles. The molecule has 1 heterocycles. The Morgan fingerprint density at radius 1 is 0.413 bits per heavy atom. The smallest absolute Gasteiger partial charge is 0.262 e. The molecule has 0 aliphatic carbocycles. The van der Waals surface area contributed by atoms with Crippen molar-refractivity contribution in [3.05, 3.63) is 296 Å². The monoisotopic (exact) mass is 1390 g/mol. The summed E-state index contributed by atoms with van der Waals surface area (Å²) >= 11 is 6.56. The first kappa shape index (κ1) is 69.0. The Morgan fingerprint density at radius 3 is 1.25 bits per heavy atom. The van der Waals surface area contributed by atoms with Crippen molar-refractivity contribution < 1.29 is 47.7 Å². The summed E-state index contributed by atoms with van der Waals surface area (Å²) < 4.78 is 29.3. The van der Waals surface area contributed by atoms with Crippen molar-refractivity contribution in [2.24, 2.45) is 0 Å². The number of rotatable bonds is 24. The SMILES string of the molecule is CCc1cccc(Oc2cc(C=O)c3c(C(=O)NC(Cc4ccccc4)C(=O)Nc4cc(C)cc(Cl)c4)cc(Oc4cccc(CC)c4)c4c5c(Oc6cccc(CC)c6)cc6c7c(cc(Oc8cccc(CC)c8)c(c2c34)c75)C(=O)N(C(Cc2ccccc2)C(=O)Nc2cc(C)cc(C)c2)C6=O)c1. The van der Waals surface area contributed by atoms with Crippen LogP contribution in [0.3, 0.4) is 0 Å². The summed E-state index contributed by atoms with van der Waals surface area (Å²) in [5.74, 6) is -1.52. The van der Waals surface area contributed by atoms with Gasteiger partial charge in [-0.3, -0.25) is 33.7 Å². The minimum Gasteiger partial charge on any atom is -0.457 e. The van der Waals surface area contributed by atoms with Gasteiger partial charge < -0.3 is 34.9 Å². The molecule has 0 spiro atoms. The molecular formula is C89H75ClN4O10. The lowest BCUT2D eigenvalue weighted by molar-refractivity contribution is -0.120. The number of imide groups is 1. The summed E-state index contributed by atoms with van der Waals surface area (Å²) in [6.45, 7) is 13.8. The van der Waals surface area contributed by atoms with E-state index in [1.807, 2.05) is 218 Å². The Bertz CT molecular complexity index is 5280. The van der Waals surface area contributed by atoms with Crippen LogP contribution in [-0.2, 0) is 48.1 Å². The van der Waals surface area contributed by atoms with Crippen LogP contribution in [0.25, 0.3) is 43.1 Å². The van der Waals surface area contributed by atoms with E-state index in [1.54, 1.807) is 48.5 Å². The molecule has 0 saturated heterocycles. The lowest BCUT2D eigenvalue weighted by Crippen LogP contribution is -2.53. The number of halogens is 1. The number of carbonyl (C=O) groups is 6. The van der Waals surface area contributed by atoms with E-state index < -0.39 is 41.6 Å². The molecule has 14 rings (SSSR count). The molecule has 0 fully saturated rings. The van der Waals surface area contributed by atoms with Crippen LogP contribution < -0.4 is 34.9 Å². The van der Waals surface area contributed by atoms with Gasteiger partial charge >= 0.3 is 0 Å². The van der Waals surface area contributed by atoms with E-state index in [4.69, 9.17) is 30.5 Å². The first-order valence-electron chi connectivity index (χ1n) is 35.1. The number of hydrogen-bond acceptors (Lipinski definition) is 10. The second kappa shape index (κ2) is 29.4. The summed E-state index contributed by atoms with van der Waals surface area (Å²) in [7, 11) is 0. The number of anilines is 2. The number of benzene rings is 13. The second-order valence-electron chi connectivity index (χ2n) is 26.5. The molecule has 2 atom stereocenters. The highest BCUT2D eigenvalue weighted by atomic mass is 35.5. The van der Waals surface area contributed by atoms with Gasteiger partial charge in [-0.15, -0.1) is 0 Å². The average Bonchev–Trinajstić information content (AvgIpc) is 0.675. The molecular weight excluding hydrogens is 1320 g/mol. The number of amides is 5. The second-order valence-corrected chi connectivity index (χ2v) is 27.0. The number of fused-ring (bicyclic) bond motifs is 2. The van der Waals surface area contributed by atoms with Crippen molar-refractivity contribution in [2.75, 3.05) is 10.6 Å². The number of aryl methyl sites for hydroxylation is 7. The van der Waals surface area contributed by atoms with Crippen molar-refractivity contribution in [1.29, 1.82) is 0 Å². The zero-order chi connectivity index (χ0) is 72.4. The van der Waals surface area contributed by atoms with Crippen molar-refractivity contribution in [3.8, 4) is 46.0 Å². The maximum Gasteiger partial charge on any atom is 0.262 e. The summed E-state index contributed by atoms with van der Waals surface area (Å²) in [6.07, 6.45) is 3.22. The normalized spacial score (nSPS) is 12.6. The van der Waals surface area contributed by atoms with E-state index in [0.717, 1.165) is 49.4 Å². The van der Waals surface area contributed by atoms with Crippen LogP contribution in [0.15, 0.2) is 218 Å². The Kier molecular flexibility index (Phi) is 19.5. The van der Waals surface area contributed by atoms with Crippen LogP contribution >= 0.6 is 11.6 Å². The van der Waals surface area contributed by atoms with Gasteiger partial charge in [-0.25, -0.2) is 0 Å². The first-order valence-corrected chi connectivity index (χ1v) is 35.5. The van der Waals surface area contributed by atoms with E-state index in [-0.39, 0.29) is 85.0 Å². The summed E-state index contributed by atoms with van der Waals surface area (Å²) in [5, 5.41) is 11.7. The van der Waals surface area contributed by atoms with Crippen LogP contribution in [0.2, 0.25) is 5.02 Å². The Balaban J connectivity index is 1.13. The van der Waals surface area contributed by atoms with E-state index in [9.17, 15) is 4.79 Å². The Morgan fingerprint density at radius 2 is 0.808 bits per heavy atom. The van der Waals surface area contributed by atoms with Crippen LogP contribution in [0, 0.1) is 20.8 Å². The number of nitrogens with one attached hydrogen (secondary N) is 3. The maximum atomic E-state index is 16.6. The summed E-state index contributed by atoms with van der Waals surface area (Å²) in [4.78, 5) is 95.8. The van der Waals surface area contributed by atoms with Crippen LogP contribution in [0.4, 0.5) is 11.4 Å². The van der Waals surface area contributed by atoms with Gasteiger partial charge in [0.15, 0.2) is 6.29 Å². The van der Waals surface area contributed by atoms with Gasteiger partial charge in [0.2, 0.25) is 11.8 Å². The van der Waals surface area contributed by atoms with Crippen molar-refractivity contribution >= 4 is 102 Å². The van der Waals surface area contributed by atoms with E-state index in [0.29, 0.717) is 93.1 Å². The van der Waals surface area contributed by atoms with Gasteiger partial charge in [0, 0.05) is 77.9 Å². The molecule has 5 amide bonds. The predicted molar refractivity (Wildman–Crippen MR) is 412 cm³/mol. The topological polar surface area (TPSA) is 179 Å². The maximum absolute atomic E-state index is 16.6. The van der Waals surface area contributed by atoms with Crippen LogP contribution in [0.1, 0.15) is 119 Å². The zero-order valence-electron chi connectivity index (χ0n) is 58.7. The fourth-order valence-electron chi connectivity index (χ4n) is 14.3. The van der Waals surface area contributed by atoms with Crippen molar-refractivity contribution in [2.45, 2.75) is 99.1 Å². The fourth-order valence-corrected chi connectivity index (χ4v) is 14.6. The molecule has 13 aromatic rings. The number of nitrogens with zero attached hydrogens (tertiary/aromatic N) is 1. The molecule has 13 aromatic carbocycles. The minimum absolute atomic E-state index is 0.0182.